The van der Waals surface area contributed by atoms with Crippen molar-refractivity contribution in [2.45, 2.75) is 25.4 Å². The summed E-state index contributed by atoms with van der Waals surface area (Å²) < 4.78 is 14.2. The fourth-order valence-corrected chi connectivity index (χ4v) is 5.56. The van der Waals surface area contributed by atoms with Crippen molar-refractivity contribution in [3.05, 3.63) is 52.0 Å². The zero-order chi connectivity index (χ0) is 22.1. The first-order chi connectivity index (χ1) is 14.9. The molecular weight excluding hydrogens is 439 g/mol. The molecule has 5 N–H and O–H groups in total. The van der Waals surface area contributed by atoms with E-state index in [9.17, 15) is 14.1 Å². The van der Waals surface area contributed by atoms with E-state index in [2.05, 4.69) is 20.2 Å². The van der Waals surface area contributed by atoms with E-state index in [-0.39, 0.29) is 46.3 Å². The lowest BCUT2D eigenvalue weighted by Gasteiger charge is -2.36. The largest absolute Gasteiger partial charge is 0.870 e. The number of nitrogens with two attached hydrogens (primary N) is 1. The van der Waals surface area contributed by atoms with Crippen LogP contribution in [0.2, 0.25) is 5.28 Å². The predicted molar refractivity (Wildman–Crippen MR) is 116 cm³/mol. The van der Waals surface area contributed by atoms with Crippen LogP contribution in [0.25, 0.3) is 0 Å². The highest BCUT2D eigenvalue weighted by molar-refractivity contribution is 6.28. The van der Waals surface area contributed by atoms with Gasteiger partial charge in [0.15, 0.2) is 11.6 Å². The van der Waals surface area contributed by atoms with Crippen molar-refractivity contribution >= 4 is 29.0 Å². The number of nitroso groups, excluding NO2 is 1. The number of rotatable bonds is 8. The third-order valence-electron chi connectivity index (χ3n) is 6.53. The fraction of sp³-hybridized carbons (Fsp3) is 0.476. The molecule has 1 aromatic heterocycles. The van der Waals surface area contributed by atoms with Crippen LogP contribution in [0.4, 0.5) is 15.9 Å². The Bertz CT molecular complexity index is 996. The number of carbonyl (C=O) groups excluding carboxylic acids is 1. The summed E-state index contributed by atoms with van der Waals surface area (Å²) in [6, 6.07) is 7.08. The molecule has 2 aliphatic rings. The van der Waals surface area contributed by atoms with Crippen LogP contribution in [0.1, 0.15) is 18.4 Å². The van der Waals surface area contributed by atoms with E-state index < -0.39 is 5.82 Å². The van der Waals surface area contributed by atoms with Gasteiger partial charge in [-0.2, -0.15) is 4.98 Å². The smallest absolute Gasteiger partial charge is 0.253 e. The Morgan fingerprint density at radius 2 is 2.19 bits per heavy atom. The summed E-state index contributed by atoms with van der Waals surface area (Å²) in [4.78, 5) is 32.8. The zero-order valence-electron chi connectivity index (χ0n) is 17.5. The molecule has 9 nitrogen and oxygen atoms in total. The highest BCUT2D eigenvalue weighted by atomic mass is 35.5. The number of nitrogens with one attached hydrogen (secondary N) is 2. The fourth-order valence-electron chi connectivity index (χ4n) is 5.42. The van der Waals surface area contributed by atoms with Crippen molar-refractivity contribution in [1.82, 2.24) is 14.9 Å². The van der Waals surface area contributed by atoms with Gasteiger partial charge in [-0.05, 0) is 54.8 Å². The minimum atomic E-state index is -0.615. The summed E-state index contributed by atoms with van der Waals surface area (Å²) in [6.45, 7) is 1.50. The third kappa shape index (κ3) is 4.87. The molecule has 4 rings (SSSR count). The molecule has 1 heterocycles. The molecule has 172 valence electrons. The van der Waals surface area contributed by atoms with Crippen molar-refractivity contribution in [3.8, 4) is 0 Å². The van der Waals surface area contributed by atoms with Crippen molar-refractivity contribution in [2.24, 2.45) is 29.4 Å². The van der Waals surface area contributed by atoms with Crippen LogP contribution < -0.4 is 16.2 Å². The van der Waals surface area contributed by atoms with Gasteiger partial charge >= 0.3 is 0 Å². The van der Waals surface area contributed by atoms with Crippen molar-refractivity contribution in [1.29, 1.82) is 0 Å². The second-order valence-corrected chi connectivity index (χ2v) is 8.93. The molecule has 1 aromatic carbocycles. The monoisotopic (exact) mass is 464 g/mol. The molecule has 0 spiro atoms. The lowest BCUT2D eigenvalue weighted by molar-refractivity contribution is -0.379. The van der Waals surface area contributed by atoms with Gasteiger partial charge in [-0.15, -0.1) is 0 Å². The first-order valence-corrected chi connectivity index (χ1v) is 10.6. The van der Waals surface area contributed by atoms with E-state index in [1.165, 1.54) is 0 Å². The standard InChI is InChI=1S/C21H24ClFN6O2.H2O/c1-29(9-11-3-2-4-14(5-11)28-31)10-13-6-12-7-15(13)18(17(12)19(24)30)26-20-16(23)8-25-21(22)27-20;/h2-5,8,12-13,15,17-18H,6-7,9-10H2,1H3,(H2,24,30)(H,25,26,27);1H2/t12-,13+,15-,17+,18-;/m1./s1. The maximum Gasteiger partial charge on any atom is 0.253 e. The summed E-state index contributed by atoms with van der Waals surface area (Å²) in [7, 11) is 2.03. The van der Waals surface area contributed by atoms with E-state index in [1.807, 2.05) is 30.4 Å². The second kappa shape index (κ2) is 9.85. The molecule has 0 unspecified atom stereocenters. The molecule has 0 radical (unpaired) electrons. The van der Waals surface area contributed by atoms with E-state index >= 15 is 0 Å². The Morgan fingerprint density at radius 3 is 2.91 bits per heavy atom. The molecular formula is C21H26ClFN6O3. The van der Waals surface area contributed by atoms with E-state index in [1.54, 1.807) is 6.07 Å². The molecule has 11 heteroatoms. The summed E-state index contributed by atoms with van der Waals surface area (Å²) in [5.41, 5.74) is 7.27. The Balaban J connectivity index is 0.00000289. The van der Waals surface area contributed by atoms with Gasteiger partial charge in [0.2, 0.25) is 11.2 Å². The molecule has 2 saturated carbocycles. The first kappa shape index (κ1) is 24.0. The van der Waals surface area contributed by atoms with Crippen molar-refractivity contribution in [2.75, 3.05) is 18.9 Å². The minimum Gasteiger partial charge on any atom is -0.870 e. The number of aromatic nitrogens is 2. The molecule has 2 aliphatic carbocycles. The lowest BCUT2D eigenvalue weighted by atomic mass is 9.77. The maximum absolute atomic E-state index is 14.2. The maximum atomic E-state index is 14.2. The van der Waals surface area contributed by atoms with Gasteiger partial charge in [-0.3, -0.25) is 4.79 Å². The Hall–Kier alpha value is -2.69. The lowest BCUT2D eigenvalue weighted by Crippen LogP contribution is -2.55. The Labute approximate surface area is 189 Å². The highest BCUT2D eigenvalue weighted by Crippen LogP contribution is 2.52. The normalized spacial score (nSPS) is 26.1. The van der Waals surface area contributed by atoms with Crippen LogP contribution in [0.15, 0.2) is 30.5 Å². The summed E-state index contributed by atoms with van der Waals surface area (Å²) in [6.07, 6.45) is 2.77. The van der Waals surface area contributed by atoms with Crippen LogP contribution in [0.5, 0.6) is 0 Å². The quantitative estimate of drug-likeness (QED) is 0.498. The molecule has 0 saturated heterocycles. The van der Waals surface area contributed by atoms with Crippen molar-refractivity contribution in [3.63, 3.8) is 0 Å². The van der Waals surface area contributed by atoms with E-state index in [4.69, 9.17) is 17.3 Å². The summed E-state index contributed by atoms with van der Waals surface area (Å²) >= 11 is 5.83. The van der Waals surface area contributed by atoms with Gasteiger partial charge in [0.05, 0.1) is 12.1 Å². The number of fused-ring (bicyclic) bond motifs is 2. The van der Waals surface area contributed by atoms with Crippen LogP contribution in [-0.4, -0.2) is 45.9 Å². The number of benzene rings is 1. The van der Waals surface area contributed by atoms with Gasteiger partial charge in [-0.25, -0.2) is 9.37 Å². The number of hydrogen-bond acceptors (Lipinski definition) is 7. The molecule has 2 aromatic rings. The molecule has 1 amide bonds. The molecule has 5 atom stereocenters. The zero-order valence-corrected chi connectivity index (χ0v) is 18.3. The van der Waals surface area contributed by atoms with E-state index in [0.717, 1.165) is 31.1 Å². The average molecular weight is 465 g/mol. The van der Waals surface area contributed by atoms with Gasteiger partial charge in [0.25, 0.3) is 5.69 Å². The summed E-state index contributed by atoms with van der Waals surface area (Å²) in [5.74, 6) is -0.726. The van der Waals surface area contributed by atoms with Crippen LogP contribution in [0, 0.1) is 34.4 Å². The van der Waals surface area contributed by atoms with Gasteiger partial charge < -0.3 is 21.4 Å². The Kier molecular flexibility index (Phi) is 7.37. The average Bonchev–Trinajstić information content (AvgIpc) is 3.28. The number of anilines is 1. The highest BCUT2D eigenvalue weighted by Gasteiger charge is 2.55. The SMILES string of the molecule is CN(Cc1cccc([NH+]=O)c1)C[C@@H]1C[C@@H]2C[C@H]1[C@@H](Nc1nc(Cl)ncc1F)[C@H]2C(N)=O.[OH-]. The van der Waals surface area contributed by atoms with Crippen LogP contribution in [0.3, 0.4) is 0 Å². The number of carbonyl (C=O) groups is 1. The molecule has 2 bridgehead atoms. The number of amides is 1. The van der Waals surface area contributed by atoms with Crippen molar-refractivity contribution < 1.29 is 19.8 Å². The second-order valence-electron chi connectivity index (χ2n) is 8.59. The van der Waals surface area contributed by atoms with E-state index in [0.29, 0.717) is 18.2 Å². The number of hydrogen-bond donors (Lipinski definition) is 3. The summed E-state index contributed by atoms with van der Waals surface area (Å²) in [5, 5.41) is 4.96. The number of halogens is 2. The predicted octanol–water partition coefficient (Wildman–Crippen LogP) is 1.24. The molecule has 0 aliphatic heterocycles. The Morgan fingerprint density at radius 1 is 1.41 bits per heavy atom. The molecule has 32 heavy (non-hydrogen) atoms. The number of primary amides is 1. The minimum absolute atomic E-state index is 0. The van der Waals surface area contributed by atoms with Crippen LogP contribution in [-0.2, 0) is 11.3 Å². The third-order valence-corrected chi connectivity index (χ3v) is 6.71. The van der Waals surface area contributed by atoms with Gasteiger partial charge in [0.1, 0.15) is 0 Å². The molecule has 2 fully saturated rings. The topological polar surface area (TPSA) is 145 Å². The number of nitrogens with zero attached hydrogens (tertiary/aromatic N) is 3. The van der Waals surface area contributed by atoms with Gasteiger partial charge in [0, 0.05) is 41.3 Å². The van der Waals surface area contributed by atoms with Gasteiger partial charge in [-0.1, -0.05) is 12.1 Å². The van der Waals surface area contributed by atoms with Crippen LogP contribution >= 0.6 is 11.6 Å². The first-order valence-electron chi connectivity index (χ1n) is 10.2.